The van der Waals surface area contributed by atoms with E-state index in [2.05, 4.69) is 0 Å². The zero-order valence-corrected chi connectivity index (χ0v) is 21.6. The number of thioether (sulfide) groups is 1. The van der Waals surface area contributed by atoms with E-state index in [0.717, 1.165) is 5.56 Å². The van der Waals surface area contributed by atoms with Gasteiger partial charge in [0, 0.05) is 36.5 Å². The van der Waals surface area contributed by atoms with Gasteiger partial charge in [-0.15, -0.1) is 0 Å². The van der Waals surface area contributed by atoms with Crippen LogP contribution in [0.3, 0.4) is 0 Å². The van der Waals surface area contributed by atoms with Gasteiger partial charge in [-0.1, -0.05) is 54.2 Å². The minimum Gasteiger partial charge on any atom is -0.463 e. The molecule has 3 aliphatic rings. The molecule has 0 aromatic heterocycles. The number of amidine groups is 1. The van der Waals surface area contributed by atoms with Gasteiger partial charge in [-0.2, -0.15) is 0 Å². The van der Waals surface area contributed by atoms with Crippen LogP contribution in [0.5, 0.6) is 0 Å². The molecular weight excluding hydrogens is 508 g/mol. The number of hydrogen-bond acceptors (Lipinski definition) is 9. The van der Waals surface area contributed by atoms with Crippen LogP contribution in [-0.4, -0.2) is 64.7 Å². The monoisotopic (exact) mass is 534 g/mol. The number of morpholine rings is 1. The third kappa shape index (κ3) is 5.07. The van der Waals surface area contributed by atoms with Gasteiger partial charge in [0.1, 0.15) is 0 Å². The molecule has 2 aromatic rings. The third-order valence-electron chi connectivity index (χ3n) is 6.45. The number of nitro groups is 1. The summed E-state index contributed by atoms with van der Waals surface area (Å²) in [5.41, 5.74) is 2.50. The average Bonchev–Trinajstić information content (AvgIpc) is 3.35. The number of carbonyl (C=O) groups excluding carboxylic acids is 2. The Morgan fingerprint density at radius 2 is 1.92 bits per heavy atom. The first-order chi connectivity index (χ1) is 18.5. The first-order valence-corrected chi connectivity index (χ1v) is 13.2. The summed E-state index contributed by atoms with van der Waals surface area (Å²) in [5, 5.41) is 14.1. The molecule has 0 spiro atoms. The second-order valence-electron chi connectivity index (χ2n) is 8.76. The van der Waals surface area contributed by atoms with Gasteiger partial charge in [-0.25, -0.2) is 9.79 Å². The molecule has 2 aromatic carbocycles. The van der Waals surface area contributed by atoms with Crippen LogP contribution in [0.25, 0.3) is 5.70 Å². The molecule has 1 atom stereocenters. The summed E-state index contributed by atoms with van der Waals surface area (Å²) in [6.07, 6.45) is 0.0915. The number of ether oxygens (including phenoxy) is 2. The van der Waals surface area contributed by atoms with Crippen LogP contribution < -0.4 is 0 Å². The number of carbonyl (C=O) groups is 2. The van der Waals surface area contributed by atoms with Crippen molar-refractivity contribution in [1.29, 1.82) is 0 Å². The second-order valence-corrected chi connectivity index (χ2v) is 9.60. The van der Waals surface area contributed by atoms with Crippen molar-refractivity contribution in [2.75, 3.05) is 32.9 Å². The van der Waals surface area contributed by atoms with Crippen LogP contribution in [0.4, 0.5) is 5.69 Å². The number of non-ortho nitro benzene ring substituents is 1. The van der Waals surface area contributed by atoms with Gasteiger partial charge in [0.2, 0.25) is 5.91 Å². The number of amides is 1. The lowest BCUT2D eigenvalue weighted by atomic mass is 9.91. The zero-order chi connectivity index (χ0) is 26.6. The first-order valence-electron chi connectivity index (χ1n) is 12.3. The Balaban J connectivity index is 1.63. The average molecular weight is 535 g/mol. The fourth-order valence-corrected chi connectivity index (χ4v) is 5.61. The molecule has 0 N–H and O–H groups in total. The van der Waals surface area contributed by atoms with E-state index in [1.54, 1.807) is 24.0 Å². The molecule has 196 valence electrons. The van der Waals surface area contributed by atoms with Crippen molar-refractivity contribution in [3.05, 3.63) is 92.5 Å². The highest BCUT2D eigenvalue weighted by molar-refractivity contribution is 8.16. The predicted octanol–water partition coefficient (Wildman–Crippen LogP) is 4.12. The zero-order valence-electron chi connectivity index (χ0n) is 20.7. The van der Waals surface area contributed by atoms with E-state index >= 15 is 0 Å². The Morgan fingerprint density at radius 1 is 1.16 bits per heavy atom. The Labute approximate surface area is 223 Å². The highest BCUT2D eigenvalue weighted by Gasteiger charge is 2.43. The Kier molecular flexibility index (Phi) is 7.57. The molecule has 0 unspecified atom stereocenters. The van der Waals surface area contributed by atoms with Crippen LogP contribution >= 0.6 is 11.8 Å². The lowest BCUT2D eigenvalue weighted by molar-refractivity contribution is -0.384. The first kappa shape index (κ1) is 25.7. The molecule has 38 heavy (non-hydrogen) atoms. The maximum atomic E-state index is 13.5. The molecule has 1 saturated heterocycles. The van der Waals surface area contributed by atoms with Gasteiger partial charge in [0.15, 0.2) is 5.17 Å². The summed E-state index contributed by atoms with van der Waals surface area (Å²) in [6, 6.07) is 14.7. The van der Waals surface area contributed by atoms with Crippen LogP contribution in [0.1, 0.15) is 30.5 Å². The quantitative estimate of drug-likeness (QED) is 0.296. The number of rotatable bonds is 7. The van der Waals surface area contributed by atoms with Crippen molar-refractivity contribution in [3.8, 4) is 0 Å². The third-order valence-corrected chi connectivity index (χ3v) is 7.33. The molecule has 0 aliphatic carbocycles. The van der Waals surface area contributed by atoms with Crippen LogP contribution in [-0.2, 0) is 19.1 Å². The molecule has 10 nitrogen and oxygen atoms in total. The van der Waals surface area contributed by atoms with E-state index in [0.29, 0.717) is 48.4 Å². The van der Waals surface area contributed by atoms with Gasteiger partial charge < -0.3 is 19.3 Å². The van der Waals surface area contributed by atoms with Crippen molar-refractivity contribution in [2.24, 2.45) is 4.99 Å². The molecule has 1 fully saturated rings. The van der Waals surface area contributed by atoms with Gasteiger partial charge in [0.05, 0.1) is 48.5 Å². The van der Waals surface area contributed by atoms with Gasteiger partial charge in [-0.3, -0.25) is 14.9 Å². The summed E-state index contributed by atoms with van der Waals surface area (Å²) in [6.45, 7) is 3.88. The molecular formula is C27H26N4O6S. The summed E-state index contributed by atoms with van der Waals surface area (Å²) < 4.78 is 10.9. The number of fused-ring (bicyclic) bond motifs is 1. The molecule has 11 heteroatoms. The lowest BCUT2D eigenvalue weighted by Gasteiger charge is -2.37. The Hall–Kier alpha value is -3.96. The minimum atomic E-state index is -0.782. The van der Waals surface area contributed by atoms with E-state index in [-0.39, 0.29) is 30.2 Å². The Morgan fingerprint density at radius 3 is 2.63 bits per heavy atom. The highest BCUT2D eigenvalue weighted by atomic mass is 32.2. The Bertz CT molecular complexity index is 1350. The number of nitrogens with zero attached hydrogens (tertiary/aromatic N) is 4. The maximum absolute atomic E-state index is 13.5. The standard InChI is InChI=1S/C27H26N4O6S/c1-2-37-26(33)23-24(18-7-4-3-5-8-18)28-27-30(25(23)19-9-6-10-20(15-19)31(34)35)21(17-38-27)16-22(32)29-11-13-36-14-12-29/h3-10,15,17,25H,2,11-14,16H2,1H3/t25-/m0/s1. The predicted molar refractivity (Wildman–Crippen MR) is 143 cm³/mol. The molecule has 1 amide bonds. The van der Waals surface area contributed by atoms with Gasteiger partial charge in [-0.05, 0) is 17.9 Å². The van der Waals surface area contributed by atoms with Crippen molar-refractivity contribution < 1.29 is 24.0 Å². The van der Waals surface area contributed by atoms with Crippen LogP contribution in [0.2, 0.25) is 0 Å². The van der Waals surface area contributed by atoms with Gasteiger partial charge >= 0.3 is 5.97 Å². The normalized spacial score (nSPS) is 19.0. The van der Waals surface area contributed by atoms with Crippen molar-refractivity contribution >= 4 is 40.2 Å². The largest absolute Gasteiger partial charge is 0.463 e. The van der Waals surface area contributed by atoms with E-state index in [4.69, 9.17) is 14.5 Å². The second kappa shape index (κ2) is 11.2. The van der Waals surface area contributed by atoms with E-state index < -0.39 is 16.9 Å². The highest BCUT2D eigenvalue weighted by Crippen LogP contribution is 2.47. The smallest absolute Gasteiger partial charge is 0.338 e. The van der Waals surface area contributed by atoms with E-state index in [1.165, 1.54) is 23.9 Å². The number of benzene rings is 2. The maximum Gasteiger partial charge on any atom is 0.338 e. The van der Waals surface area contributed by atoms with Crippen molar-refractivity contribution in [2.45, 2.75) is 19.4 Å². The number of nitro benzene ring substituents is 1. The van der Waals surface area contributed by atoms with Crippen LogP contribution in [0, 0.1) is 10.1 Å². The number of aliphatic imine (C=N–C) groups is 1. The number of esters is 1. The van der Waals surface area contributed by atoms with Crippen molar-refractivity contribution in [3.63, 3.8) is 0 Å². The summed E-state index contributed by atoms with van der Waals surface area (Å²) in [4.78, 5) is 46.3. The lowest BCUT2D eigenvalue weighted by Crippen LogP contribution is -2.42. The fraction of sp³-hybridized carbons (Fsp3) is 0.296. The molecule has 0 saturated carbocycles. The van der Waals surface area contributed by atoms with E-state index in [1.807, 2.05) is 40.6 Å². The summed E-state index contributed by atoms with van der Waals surface area (Å²) in [7, 11) is 0. The van der Waals surface area contributed by atoms with E-state index in [9.17, 15) is 19.7 Å². The molecule has 0 radical (unpaired) electrons. The number of hydrogen-bond donors (Lipinski definition) is 0. The fourth-order valence-electron chi connectivity index (χ4n) is 4.69. The molecule has 0 bridgehead atoms. The van der Waals surface area contributed by atoms with Crippen molar-refractivity contribution in [1.82, 2.24) is 9.80 Å². The summed E-state index contributed by atoms with van der Waals surface area (Å²) >= 11 is 1.36. The molecule has 5 rings (SSSR count). The topological polar surface area (TPSA) is 115 Å². The SMILES string of the molecule is CCOC(=O)C1=C(c2ccccc2)N=C2SC=C(CC(=O)N3CCOCC3)N2[C@H]1c1cccc([N+](=O)[O-])c1. The minimum absolute atomic E-state index is 0.0605. The molecule has 3 aliphatic heterocycles. The molecule has 3 heterocycles. The summed E-state index contributed by atoms with van der Waals surface area (Å²) in [5.74, 6) is -0.629. The van der Waals surface area contributed by atoms with Gasteiger partial charge in [0.25, 0.3) is 5.69 Å². The van der Waals surface area contributed by atoms with Crippen LogP contribution in [0.15, 0.2) is 76.3 Å².